The molecule has 0 amide bonds. The van der Waals surface area contributed by atoms with E-state index in [4.69, 9.17) is 0 Å². The zero-order valence-corrected chi connectivity index (χ0v) is 11.9. The predicted octanol–water partition coefficient (Wildman–Crippen LogP) is 3.28. The van der Waals surface area contributed by atoms with Crippen LogP contribution in [-0.4, -0.2) is 17.6 Å². The first-order valence-electron chi connectivity index (χ1n) is 5.90. The van der Waals surface area contributed by atoms with Crippen LogP contribution >= 0.6 is 22.7 Å². The molecule has 2 rings (SSSR count). The van der Waals surface area contributed by atoms with E-state index in [0.29, 0.717) is 6.04 Å². The molecular formula is C13H18N2S2. The Morgan fingerprint density at radius 3 is 2.94 bits per heavy atom. The second-order valence-electron chi connectivity index (χ2n) is 4.25. The van der Waals surface area contributed by atoms with Crippen molar-refractivity contribution in [3.63, 3.8) is 0 Å². The highest BCUT2D eigenvalue weighted by molar-refractivity contribution is 7.10. The number of nitrogens with zero attached hydrogens (tertiary/aromatic N) is 1. The lowest BCUT2D eigenvalue weighted by molar-refractivity contribution is 0.552. The minimum Gasteiger partial charge on any atom is -0.314 e. The molecule has 0 spiro atoms. The van der Waals surface area contributed by atoms with E-state index in [1.54, 1.807) is 11.3 Å². The Balaban J connectivity index is 1.70. The molecule has 0 aliphatic rings. The Morgan fingerprint density at radius 2 is 2.29 bits per heavy atom. The molecule has 4 heteroatoms. The zero-order valence-electron chi connectivity index (χ0n) is 10.3. The Hall–Kier alpha value is -0.710. The minimum absolute atomic E-state index is 0.543. The van der Waals surface area contributed by atoms with Gasteiger partial charge in [-0.3, -0.25) is 0 Å². The van der Waals surface area contributed by atoms with Crippen molar-refractivity contribution < 1.29 is 0 Å². The molecule has 0 radical (unpaired) electrons. The molecule has 0 fully saturated rings. The summed E-state index contributed by atoms with van der Waals surface area (Å²) in [5.41, 5.74) is 3.11. The van der Waals surface area contributed by atoms with Gasteiger partial charge >= 0.3 is 0 Å². The Morgan fingerprint density at radius 1 is 1.41 bits per heavy atom. The Bertz CT molecular complexity index is 434. The second-order valence-corrected chi connectivity index (χ2v) is 6.22. The molecule has 1 unspecified atom stereocenters. The number of aromatic nitrogens is 1. The van der Waals surface area contributed by atoms with Gasteiger partial charge in [0.1, 0.15) is 0 Å². The van der Waals surface area contributed by atoms with Crippen LogP contribution in [0.3, 0.4) is 0 Å². The van der Waals surface area contributed by atoms with Gasteiger partial charge in [0.2, 0.25) is 0 Å². The van der Waals surface area contributed by atoms with Crippen LogP contribution in [-0.2, 0) is 12.8 Å². The van der Waals surface area contributed by atoms with Gasteiger partial charge < -0.3 is 5.32 Å². The van der Waals surface area contributed by atoms with Gasteiger partial charge in [-0.15, -0.1) is 22.7 Å². The Kier molecular flexibility index (Phi) is 4.71. The molecule has 0 aliphatic heterocycles. The van der Waals surface area contributed by atoms with Crippen molar-refractivity contribution in [2.45, 2.75) is 32.7 Å². The number of thiazole rings is 1. The van der Waals surface area contributed by atoms with Gasteiger partial charge in [0.25, 0.3) is 0 Å². The number of hydrogen-bond acceptors (Lipinski definition) is 4. The van der Waals surface area contributed by atoms with Crippen LogP contribution in [0.15, 0.2) is 23.0 Å². The summed E-state index contributed by atoms with van der Waals surface area (Å²) in [4.78, 5) is 7.13. The van der Waals surface area contributed by atoms with Crippen molar-refractivity contribution in [3.05, 3.63) is 38.5 Å². The van der Waals surface area contributed by atoms with Crippen molar-refractivity contribution in [1.29, 1.82) is 0 Å². The third-order valence-corrected chi connectivity index (χ3v) is 4.67. The smallest absolute Gasteiger partial charge is 0.0797 e. The highest BCUT2D eigenvalue weighted by Crippen LogP contribution is 2.13. The number of thiophene rings is 1. The largest absolute Gasteiger partial charge is 0.314 e. The topological polar surface area (TPSA) is 24.9 Å². The van der Waals surface area contributed by atoms with E-state index in [1.807, 2.05) is 16.8 Å². The van der Waals surface area contributed by atoms with Gasteiger partial charge in [0, 0.05) is 22.3 Å². The van der Waals surface area contributed by atoms with Gasteiger partial charge in [0.05, 0.1) is 11.2 Å². The first-order valence-corrected chi connectivity index (χ1v) is 7.66. The van der Waals surface area contributed by atoms with Crippen LogP contribution in [0.1, 0.15) is 22.4 Å². The average Bonchev–Trinajstić information content (AvgIpc) is 2.91. The van der Waals surface area contributed by atoms with Crippen molar-refractivity contribution >= 4 is 22.7 Å². The summed E-state index contributed by atoms with van der Waals surface area (Å²) in [6, 6.07) is 4.87. The standard InChI is InChI=1S/C13H18N2S2/c1-10(8-12-4-3-7-16-12)14-6-5-13-11(2)15-9-17-13/h3-4,7,9-10,14H,5-6,8H2,1-2H3. The van der Waals surface area contributed by atoms with E-state index in [2.05, 4.69) is 41.7 Å². The molecule has 0 aromatic carbocycles. The van der Waals surface area contributed by atoms with E-state index in [9.17, 15) is 0 Å². The molecular weight excluding hydrogens is 248 g/mol. The molecule has 0 aliphatic carbocycles. The third kappa shape index (κ3) is 3.91. The molecule has 2 heterocycles. The first kappa shape index (κ1) is 12.7. The summed E-state index contributed by atoms with van der Waals surface area (Å²) in [5.74, 6) is 0. The van der Waals surface area contributed by atoms with Gasteiger partial charge in [-0.2, -0.15) is 0 Å². The Labute approximate surface area is 111 Å². The molecule has 0 saturated carbocycles. The van der Waals surface area contributed by atoms with Crippen LogP contribution in [0.25, 0.3) is 0 Å². The van der Waals surface area contributed by atoms with E-state index < -0.39 is 0 Å². The fraction of sp³-hybridized carbons (Fsp3) is 0.462. The van der Waals surface area contributed by atoms with Crippen LogP contribution < -0.4 is 5.32 Å². The number of nitrogens with one attached hydrogen (secondary N) is 1. The van der Waals surface area contributed by atoms with Gasteiger partial charge in [-0.05, 0) is 38.1 Å². The molecule has 0 bridgehead atoms. The third-order valence-electron chi connectivity index (χ3n) is 2.78. The second kappa shape index (κ2) is 6.28. The monoisotopic (exact) mass is 266 g/mol. The fourth-order valence-electron chi connectivity index (χ4n) is 1.80. The predicted molar refractivity (Wildman–Crippen MR) is 76.0 cm³/mol. The number of hydrogen-bond donors (Lipinski definition) is 1. The van der Waals surface area contributed by atoms with Gasteiger partial charge in [-0.25, -0.2) is 4.98 Å². The normalized spacial score (nSPS) is 12.8. The van der Waals surface area contributed by atoms with Crippen molar-refractivity contribution in [2.24, 2.45) is 0 Å². The summed E-state index contributed by atoms with van der Waals surface area (Å²) in [5, 5.41) is 5.71. The maximum absolute atomic E-state index is 4.27. The fourth-order valence-corrected chi connectivity index (χ4v) is 3.42. The van der Waals surface area contributed by atoms with E-state index in [-0.39, 0.29) is 0 Å². The lowest BCUT2D eigenvalue weighted by Gasteiger charge is -2.12. The number of rotatable bonds is 6. The van der Waals surface area contributed by atoms with Crippen molar-refractivity contribution in [2.75, 3.05) is 6.54 Å². The maximum Gasteiger partial charge on any atom is 0.0797 e. The minimum atomic E-state index is 0.543. The molecule has 1 N–H and O–H groups in total. The average molecular weight is 266 g/mol. The van der Waals surface area contributed by atoms with Gasteiger partial charge in [0.15, 0.2) is 0 Å². The van der Waals surface area contributed by atoms with Crippen molar-refractivity contribution in [3.8, 4) is 0 Å². The lowest BCUT2D eigenvalue weighted by atomic mass is 10.2. The van der Waals surface area contributed by atoms with Crippen LogP contribution in [0, 0.1) is 6.92 Å². The van der Waals surface area contributed by atoms with E-state index >= 15 is 0 Å². The highest BCUT2D eigenvalue weighted by Gasteiger charge is 2.05. The summed E-state index contributed by atoms with van der Waals surface area (Å²) >= 11 is 3.59. The van der Waals surface area contributed by atoms with E-state index in [0.717, 1.165) is 19.4 Å². The van der Waals surface area contributed by atoms with Gasteiger partial charge in [-0.1, -0.05) is 6.07 Å². The summed E-state index contributed by atoms with van der Waals surface area (Å²) in [7, 11) is 0. The summed E-state index contributed by atoms with van der Waals surface area (Å²) < 4.78 is 0. The zero-order chi connectivity index (χ0) is 12.1. The van der Waals surface area contributed by atoms with Crippen LogP contribution in [0.4, 0.5) is 0 Å². The summed E-state index contributed by atoms with van der Waals surface area (Å²) in [6.07, 6.45) is 2.21. The quantitative estimate of drug-likeness (QED) is 0.868. The molecule has 92 valence electrons. The number of aryl methyl sites for hydroxylation is 1. The van der Waals surface area contributed by atoms with Crippen molar-refractivity contribution in [1.82, 2.24) is 10.3 Å². The first-order chi connectivity index (χ1) is 8.25. The maximum atomic E-state index is 4.27. The lowest BCUT2D eigenvalue weighted by Crippen LogP contribution is -2.29. The molecule has 2 aromatic heterocycles. The molecule has 17 heavy (non-hydrogen) atoms. The van der Waals surface area contributed by atoms with Crippen LogP contribution in [0.2, 0.25) is 0 Å². The molecule has 1 atom stereocenters. The van der Waals surface area contributed by atoms with Crippen LogP contribution in [0.5, 0.6) is 0 Å². The highest BCUT2D eigenvalue weighted by atomic mass is 32.1. The molecule has 2 aromatic rings. The van der Waals surface area contributed by atoms with E-state index in [1.165, 1.54) is 15.4 Å². The molecule has 0 saturated heterocycles. The summed E-state index contributed by atoms with van der Waals surface area (Å²) in [6.45, 7) is 5.37. The molecule has 2 nitrogen and oxygen atoms in total. The SMILES string of the molecule is Cc1ncsc1CCNC(C)Cc1cccs1.